The van der Waals surface area contributed by atoms with Crippen molar-refractivity contribution in [1.82, 2.24) is 9.88 Å². The van der Waals surface area contributed by atoms with Crippen molar-refractivity contribution in [3.63, 3.8) is 0 Å². The summed E-state index contributed by atoms with van der Waals surface area (Å²) in [6.07, 6.45) is 1.00. The van der Waals surface area contributed by atoms with Gasteiger partial charge in [-0.2, -0.15) is 0 Å². The van der Waals surface area contributed by atoms with Gasteiger partial charge in [-0.15, -0.1) is 11.3 Å². The van der Waals surface area contributed by atoms with Crippen LogP contribution in [-0.2, 0) is 11.3 Å². The number of para-hydroxylation sites is 2. The van der Waals surface area contributed by atoms with E-state index in [2.05, 4.69) is 28.2 Å². The summed E-state index contributed by atoms with van der Waals surface area (Å²) in [5.74, 6) is 0.0175. The third kappa shape index (κ3) is 4.65. The van der Waals surface area contributed by atoms with E-state index in [0.717, 1.165) is 34.7 Å². The van der Waals surface area contributed by atoms with Gasteiger partial charge in [0.15, 0.2) is 0 Å². The van der Waals surface area contributed by atoms with Gasteiger partial charge in [0.25, 0.3) is 0 Å². The number of anilines is 1. The molecule has 0 atom stereocenters. The molecule has 0 fully saturated rings. The van der Waals surface area contributed by atoms with Crippen molar-refractivity contribution in [2.75, 3.05) is 18.4 Å². The molecule has 0 aliphatic rings. The van der Waals surface area contributed by atoms with Crippen LogP contribution in [-0.4, -0.2) is 28.9 Å². The van der Waals surface area contributed by atoms with Crippen LogP contribution in [0.3, 0.4) is 0 Å². The predicted molar refractivity (Wildman–Crippen MR) is 105 cm³/mol. The smallest absolute Gasteiger partial charge is 0.238 e. The van der Waals surface area contributed by atoms with Crippen LogP contribution in [0.4, 0.5) is 5.69 Å². The fourth-order valence-electron chi connectivity index (χ4n) is 2.82. The highest BCUT2D eigenvalue weighted by molar-refractivity contribution is 7.18. The molecule has 2 aromatic carbocycles. The van der Waals surface area contributed by atoms with Gasteiger partial charge in [-0.3, -0.25) is 9.69 Å². The zero-order valence-corrected chi connectivity index (χ0v) is 15.5. The maximum absolute atomic E-state index is 12.4. The number of carbonyl (C=O) groups is 1. The quantitative estimate of drug-likeness (QED) is 0.682. The predicted octanol–water partition coefficient (Wildman–Crippen LogP) is 4.46. The van der Waals surface area contributed by atoms with Gasteiger partial charge in [-0.05, 0) is 43.7 Å². The maximum atomic E-state index is 12.4. The molecule has 130 valence electrons. The van der Waals surface area contributed by atoms with Crippen LogP contribution >= 0.6 is 11.3 Å². The van der Waals surface area contributed by atoms with Crippen molar-refractivity contribution in [2.24, 2.45) is 0 Å². The summed E-state index contributed by atoms with van der Waals surface area (Å²) in [6.45, 7) is 6.08. The van der Waals surface area contributed by atoms with Crippen molar-refractivity contribution in [2.45, 2.75) is 26.8 Å². The molecule has 0 saturated heterocycles. The SMILES string of the molecule is CCCN(CC(=O)Nc1ccccc1C)Cc1nc2ccccc2s1. The maximum Gasteiger partial charge on any atom is 0.238 e. The zero-order chi connectivity index (χ0) is 17.6. The molecule has 1 amide bonds. The second kappa shape index (κ2) is 8.23. The third-order valence-electron chi connectivity index (χ3n) is 4.02. The number of aryl methyl sites for hydroxylation is 1. The lowest BCUT2D eigenvalue weighted by atomic mass is 10.2. The van der Waals surface area contributed by atoms with Gasteiger partial charge in [-0.1, -0.05) is 37.3 Å². The van der Waals surface area contributed by atoms with E-state index in [9.17, 15) is 4.79 Å². The number of fused-ring (bicyclic) bond motifs is 1. The number of nitrogens with one attached hydrogen (secondary N) is 1. The Morgan fingerprint density at radius 2 is 1.92 bits per heavy atom. The Morgan fingerprint density at radius 1 is 1.16 bits per heavy atom. The average molecular weight is 353 g/mol. The number of thiazole rings is 1. The number of hydrogen-bond donors (Lipinski definition) is 1. The molecule has 5 heteroatoms. The molecule has 25 heavy (non-hydrogen) atoms. The van der Waals surface area contributed by atoms with E-state index in [1.54, 1.807) is 11.3 Å². The number of carbonyl (C=O) groups excluding carboxylic acids is 1. The summed E-state index contributed by atoms with van der Waals surface area (Å²) in [7, 11) is 0. The first-order chi connectivity index (χ1) is 12.2. The highest BCUT2D eigenvalue weighted by atomic mass is 32.1. The second-order valence-corrected chi connectivity index (χ2v) is 7.26. The Balaban J connectivity index is 1.66. The van der Waals surface area contributed by atoms with E-state index >= 15 is 0 Å². The van der Waals surface area contributed by atoms with Gasteiger partial charge in [0.2, 0.25) is 5.91 Å². The Labute approximate surface area is 152 Å². The minimum absolute atomic E-state index is 0.0175. The third-order valence-corrected chi connectivity index (χ3v) is 5.04. The minimum atomic E-state index is 0.0175. The molecule has 3 aromatic rings. The highest BCUT2D eigenvalue weighted by Crippen LogP contribution is 2.22. The van der Waals surface area contributed by atoms with Crippen LogP contribution in [0.1, 0.15) is 23.9 Å². The van der Waals surface area contributed by atoms with Crippen LogP contribution in [0.15, 0.2) is 48.5 Å². The summed E-state index contributed by atoms with van der Waals surface area (Å²) in [4.78, 5) is 19.3. The fourth-order valence-corrected chi connectivity index (χ4v) is 3.82. The summed E-state index contributed by atoms with van der Waals surface area (Å²) >= 11 is 1.70. The van der Waals surface area contributed by atoms with Crippen molar-refractivity contribution in [3.05, 3.63) is 59.1 Å². The van der Waals surface area contributed by atoms with Crippen LogP contribution in [0.5, 0.6) is 0 Å². The monoisotopic (exact) mass is 353 g/mol. The lowest BCUT2D eigenvalue weighted by molar-refractivity contribution is -0.117. The lowest BCUT2D eigenvalue weighted by Gasteiger charge is -2.20. The first-order valence-electron chi connectivity index (χ1n) is 8.58. The molecular formula is C20H23N3OS. The van der Waals surface area contributed by atoms with E-state index in [0.29, 0.717) is 13.1 Å². The number of nitrogens with zero attached hydrogens (tertiary/aromatic N) is 2. The van der Waals surface area contributed by atoms with Gasteiger partial charge in [0, 0.05) is 5.69 Å². The molecule has 0 unspecified atom stereocenters. The van der Waals surface area contributed by atoms with Crippen LogP contribution in [0, 0.1) is 6.92 Å². The number of amides is 1. The number of aromatic nitrogens is 1. The van der Waals surface area contributed by atoms with Crippen LogP contribution in [0.2, 0.25) is 0 Å². The first kappa shape index (κ1) is 17.6. The molecule has 0 saturated carbocycles. The van der Waals surface area contributed by atoms with Crippen molar-refractivity contribution >= 4 is 33.1 Å². The molecule has 0 aliphatic heterocycles. The summed E-state index contributed by atoms with van der Waals surface area (Å²) < 4.78 is 1.19. The lowest BCUT2D eigenvalue weighted by Crippen LogP contribution is -2.33. The average Bonchev–Trinajstić information content (AvgIpc) is 2.99. The molecule has 4 nitrogen and oxygen atoms in total. The molecule has 3 rings (SSSR count). The second-order valence-electron chi connectivity index (χ2n) is 6.15. The normalized spacial score (nSPS) is 11.2. The fraction of sp³-hybridized carbons (Fsp3) is 0.300. The van der Waals surface area contributed by atoms with E-state index in [1.165, 1.54) is 4.70 Å². The summed E-state index contributed by atoms with van der Waals surface area (Å²) in [5.41, 5.74) is 2.98. The number of hydrogen-bond acceptors (Lipinski definition) is 4. The Kier molecular flexibility index (Phi) is 5.79. The van der Waals surface area contributed by atoms with E-state index in [-0.39, 0.29) is 5.91 Å². The first-order valence-corrected chi connectivity index (χ1v) is 9.39. The van der Waals surface area contributed by atoms with Gasteiger partial charge >= 0.3 is 0 Å². The molecule has 0 spiro atoms. The Bertz CT molecular complexity index is 826. The molecule has 0 bridgehead atoms. The molecule has 1 N–H and O–H groups in total. The largest absolute Gasteiger partial charge is 0.325 e. The van der Waals surface area contributed by atoms with Gasteiger partial charge in [0.05, 0.1) is 23.3 Å². The summed E-state index contributed by atoms with van der Waals surface area (Å²) in [5, 5.41) is 4.07. The highest BCUT2D eigenvalue weighted by Gasteiger charge is 2.14. The molecule has 0 aliphatic carbocycles. The number of rotatable bonds is 7. The van der Waals surface area contributed by atoms with E-state index in [1.807, 2.05) is 49.4 Å². The molecule has 1 heterocycles. The van der Waals surface area contributed by atoms with Crippen LogP contribution in [0.25, 0.3) is 10.2 Å². The van der Waals surface area contributed by atoms with E-state index < -0.39 is 0 Å². The van der Waals surface area contributed by atoms with Crippen molar-refractivity contribution in [1.29, 1.82) is 0 Å². The molecular weight excluding hydrogens is 330 g/mol. The van der Waals surface area contributed by atoms with Crippen molar-refractivity contribution in [3.8, 4) is 0 Å². The Morgan fingerprint density at radius 3 is 2.68 bits per heavy atom. The Hall–Kier alpha value is -2.24. The van der Waals surface area contributed by atoms with Gasteiger partial charge in [0.1, 0.15) is 5.01 Å². The topological polar surface area (TPSA) is 45.2 Å². The van der Waals surface area contributed by atoms with Gasteiger partial charge in [-0.25, -0.2) is 4.98 Å². The molecule has 0 radical (unpaired) electrons. The minimum Gasteiger partial charge on any atom is -0.325 e. The summed E-state index contributed by atoms with van der Waals surface area (Å²) in [6, 6.07) is 16.0. The van der Waals surface area contributed by atoms with Crippen LogP contribution < -0.4 is 5.32 Å². The number of benzene rings is 2. The van der Waals surface area contributed by atoms with E-state index in [4.69, 9.17) is 0 Å². The zero-order valence-electron chi connectivity index (χ0n) is 14.7. The van der Waals surface area contributed by atoms with Gasteiger partial charge < -0.3 is 5.32 Å². The molecule has 1 aromatic heterocycles. The standard InChI is InChI=1S/C20H23N3OS/c1-3-12-23(13-19(24)21-16-9-5-4-8-15(16)2)14-20-22-17-10-6-7-11-18(17)25-20/h4-11H,3,12-14H2,1-2H3,(H,21,24). The van der Waals surface area contributed by atoms with Crippen molar-refractivity contribution < 1.29 is 4.79 Å².